The zero-order valence-corrected chi connectivity index (χ0v) is 9.44. The number of anilines is 1. The first-order valence-electron chi connectivity index (χ1n) is 4.84. The number of aliphatic carboxylic acids is 1. The first kappa shape index (κ1) is 12.4. The summed E-state index contributed by atoms with van der Waals surface area (Å²) in [5.74, 6) is -1.89. The van der Waals surface area contributed by atoms with E-state index in [4.69, 9.17) is 5.11 Å². The fraction of sp³-hybridized carbons (Fsp3) is 0.500. The predicted octanol–water partition coefficient (Wildman–Crippen LogP) is 1.08. The van der Waals surface area contributed by atoms with Crippen molar-refractivity contribution in [1.82, 2.24) is 9.97 Å². The first-order chi connectivity index (χ1) is 7.43. The van der Waals surface area contributed by atoms with Crippen LogP contribution in [0.25, 0.3) is 0 Å². The third kappa shape index (κ3) is 2.65. The van der Waals surface area contributed by atoms with Crippen molar-refractivity contribution in [3.8, 4) is 0 Å². The number of carbonyl (C=O) groups is 1. The molecule has 0 radical (unpaired) electrons. The van der Waals surface area contributed by atoms with Crippen LogP contribution in [0.4, 0.5) is 10.2 Å². The van der Waals surface area contributed by atoms with Crippen molar-refractivity contribution in [3.63, 3.8) is 0 Å². The van der Waals surface area contributed by atoms with E-state index in [2.05, 4.69) is 9.97 Å². The van der Waals surface area contributed by atoms with E-state index in [9.17, 15) is 9.18 Å². The summed E-state index contributed by atoms with van der Waals surface area (Å²) < 4.78 is 13.6. The molecule has 5 nitrogen and oxygen atoms in total. The van der Waals surface area contributed by atoms with E-state index in [1.54, 1.807) is 14.0 Å². The molecule has 0 aromatic carbocycles. The minimum atomic E-state index is -0.918. The van der Waals surface area contributed by atoms with Gasteiger partial charge in [0.15, 0.2) is 11.6 Å². The van der Waals surface area contributed by atoms with Crippen LogP contribution in [0.3, 0.4) is 0 Å². The standard InChI is InChI=1S/C10H14FN3O2/c1-6(10(15)16)4-14(3)9-8(11)7(2)12-5-13-9/h5-6H,4H2,1-3H3,(H,15,16). The Morgan fingerprint density at radius 3 is 2.81 bits per heavy atom. The largest absolute Gasteiger partial charge is 0.481 e. The lowest BCUT2D eigenvalue weighted by atomic mass is 10.2. The van der Waals surface area contributed by atoms with Crippen LogP contribution in [0.1, 0.15) is 12.6 Å². The molecule has 0 bridgehead atoms. The van der Waals surface area contributed by atoms with Crippen molar-refractivity contribution in [3.05, 3.63) is 17.8 Å². The number of rotatable bonds is 4. The van der Waals surface area contributed by atoms with Gasteiger partial charge < -0.3 is 10.0 Å². The van der Waals surface area contributed by atoms with E-state index in [0.29, 0.717) is 0 Å². The van der Waals surface area contributed by atoms with Crippen LogP contribution in [0.15, 0.2) is 6.33 Å². The summed E-state index contributed by atoms with van der Waals surface area (Å²) in [4.78, 5) is 19.6. The highest BCUT2D eigenvalue weighted by Gasteiger charge is 2.18. The van der Waals surface area contributed by atoms with Crippen molar-refractivity contribution >= 4 is 11.8 Å². The van der Waals surface area contributed by atoms with Crippen molar-refractivity contribution in [2.24, 2.45) is 5.92 Å². The molecule has 0 aliphatic heterocycles. The lowest BCUT2D eigenvalue weighted by molar-refractivity contribution is -0.140. The van der Waals surface area contributed by atoms with Gasteiger partial charge in [0.2, 0.25) is 0 Å². The molecular formula is C10H14FN3O2. The minimum Gasteiger partial charge on any atom is -0.481 e. The van der Waals surface area contributed by atoms with Gasteiger partial charge in [0, 0.05) is 13.6 Å². The number of carboxylic acids is 1. The van der Waals surface area contributed by atoms with Gasteiger partial charge in [-0.3, -0.25) is 4.79 Å². The Bertz CT molecular complexity index is 398. The highest BCUT2D eigenvalue weighted by atomic mass is 19.1. The van der Waals surface area contributed by atoms with E-state index < -0.39 is 17.7 Å². The number of halogens is 1. The van der Waals surface area contributed by atoms with E-state index >= 15 is 0 Å². The summed E-state index contributed by atoms with van der Waals surface area (Å²) >= 11 is 0. The van der Waals surface area contributed by atoms with Crippen LogP contribution < -0.4 is 4.90 Å². The fourth-order valence-electron chi connectivity index (χ4n) is 1.29. The van der Waals surface area contributed by atoms with Crippen molar-refractivity contribution in [2.45, 2.75) is 13.8 Å². The third-order valence-corrected chi connectivity index (χ3v) is 2.28. The van der Waals surface area contributed by atoms with Crippen LogP contribution in [0.5, 0.6) is 0 Å². The van der Waals surface area contributed by atoms with Gasteiger partial charge in [-0.2, -0.15) is 0 Å². The second kappa shape index (κ2) is 4.87. The Morgan fingerprint density at radius 2 is 2.25 bits per heavy atom. The van der Waals surface area contributed by atoms with E-state index in [-0.39, 0.29) is 18.1 Å². The van der Waals surface area contributed by atoms with Gasteiger partial charge in [-0.15, -0.1) is 0 Å². The molecule has 0 amide bonds. The molecule has 1 aromatic heterocycles. The number of hydrogen-bond acceptors (Lipinski definition) is 4. The molecule has 1 atom stereocenters. The summed E-state index contributed by atoms with van der Waals surface area (Å²) in [5.41, 5.74) is 0.250. The molecule has 88 valence electrons. The predicted molar refractivity (Wildman–Crippen MR) is 56.8 cm³/mol. The van der Waals surface area contributed by atoms with Gasteiger partial charge in [0.1, 0.15) is 6.33 Å². The lowest BCUT2D eigenvalue weighted by Crippen LogP contribution is -2.29. The van der Waals surface area contributed by atoms with Crippen molar-refractivity contribution in [1.29, 1.82) is 0 Å². The van der Waals surface area contributed by atoms with Crippen molar-refractivity contribution in [2.75, 3.05) is 18.5 Å². The average Bonchev–Trinajstić information content (AvgIpc) is 2.21. The van der Waals surface area contributed by atoms with Crippen LogP contribution in [0.2, 0.25) is 0 Å². The summed E-state index contributed by atoms with van der Waals surface area (Å²) in [6.07, 6.45) is 1.26. The minimum absolute atomic E-state index is 0.126. The Kier molecular flexibility index (Phi) is 3.76. The van der Waals surface area contributed by atoms with Gasteiger partial charge in [-0.05, 0) is 6.92 Å². The van der Waals surface area contributed by atoms with Crippen LogP contribution in [-0.4, -0.2) is 34.6 Å². The Labute approximate surface area is 92.9 Å². The maximum absolute atomic E-state index is 13.6. The summed E-state index contributed by atoms with van der Waals surface area (Å²) in [5, 5.41) is 8.75. The zero-order valence-electron chi connectivity index (χ0n) is 9.44. The molecule has 0 fully saturated rings. The number of carboxylic acid groups (broad SMARTS) is 1. The second-order valence-corrected chi connectivity index (χ2v) is 3.72. The smallest absolute Gasteiger partial charge is 0.308 e. The zero-order chi connectivity index (χ0) is 12.3. The van der Waals surface area contributed by atoms with Crippen LogP contribution in [0, 0.1) is 18.7 Å². The highest BCUT2D eigenvalue weighted by molar-refractivity contribution is 5.70. The molecule has 0 saturated heterocycles. The monoisotopic (exact) mass is 227 g/mol. The lowest BCUT2D eigenvalue weighted by Gasteiger charge is -2.20. The molecular weight excluding hydrogens is 213 g/mol. The molecule has 0 aliphatic carbocycles. The van der Waals surface area contributed by atoms with Gasteiger partial charge in [0.05, 0.1) is 11.6 Å². The van der Waals surface area contributed by atoms with Crippen LogP contribution >= 0.6 is 0 Å². The normalized spacial score (nSPS) is 12.2. The number of hydrogen-bond donors (Lipinski definition) is 1. The quantitative estimate of drug-likeness (QED) is 0.833. The average molecular weight is 227 g/mol. The number of aromatic nitrogens is 2. The molecule has 1 aromatic rings. The molecule has 1 heterocycles. The molecule has 6 heteroatoms. The van der Waals surface area contributed by atoms with Crippen LogP contribution in [-0.2, 0) is 4.79 Å². The molecule has 1 N–H and O–H groups in total. The van der Waals surface area contributed by atoms with E-state index in [1.807, 2.05) is 0 Å². The maximum Gasteiger partial charge on any atom is 0.308 e. The SMILES string of the molecule is Cc1ncnc(N(C)CC(C)C(=O)O)c1F. The fourth-order valence-corrected chi connectivity index (χ4v) is 1.29. The Hall–Kier alpha value is -1.72. The Balaban J connectivity index is 2.84. The van der Waals surface area contributed by atoms with Gasteiger partial charge in [-0.25, -0.2) is 14.4 Å². The second-order valence-electron chi connectivity index (χ2n) is 3.72. The Morgan fingerprint density at radius 1 is 1.62 bits per heavy atom. The molecule has 1 unspecified atom stereocenters. The summed E-state index contributed by atoms with van der Waals surface area (Å²) in [6.45, 7) is 3.29. The molecule has 1 rings (SSSR count). The number of aryl methyl sites for hydroxylation is 1. The molecule has 0 spiro atoms. The van der Waals surface area contributed by atoms with E-state index in [1.165, 1.54) is 18.2 Å². The topological polar surface area (TPSA) is 66.3 Å². The molecule has 0 aliphatic rings. The van der Waals surface area contributed by atoms with Gasteiger partial charge in [-0.1, -0.05) is 6.92 Å². The van der Waals surface area contributed by atoms with Gasteiger partial charge in [0.25, 0.3) is 0 Å². The first-order valence-corrected chi connectivity index (χ1v) is 4.84. The number of nitrogens with zero attached hydrogens (tertiary/aromatic N) is 3. The maximum atomic E-state index is 13.6. The summed E-state index contributed by atoms with van der Waals surface area (Å²) in [6, 6.07) is 0. The highest BCUT2D eigenvalue weighted by Crippen LogP contribution is 2.16. The van der Waals surface area contributed by atoms with Gasteiger partial charge >= 0.3 is 5.97 Å². The van der Waals surface area contributed by atoms with Crippen molar-refractivity contribution < 1.29 is 14.3 Å². The molecule has 16 heavy (non-hydrogen) atoms. The van der Waals surface area contributed by atoms with E-state index in [0.717, 1.165) is 0 Å². The molecule has 0 saturated carbocycles. The third-order valence-electron chi connectivity index (χ3n) is 2.28. The summed E-state index contributed by atoms with van der Waals surface area (Å²) in [7, 11) is 1.60.